The molecule has 2 aromatic rings. The quantitative estimate of drug-likeness (QED) is 0.804. The summed E-state index contributed by atoms with van der Waals surface area (Å²) in [6.45, 7) is 0.516. The highest BCUT2D eigenvalue weighted by Crippen LogP contribution is 2.21. The van der Waals surface area contributed by atoms with Gasteiger partial charge < -0.3 is 15.2 Å². The van der Waals surface area contributed by atoms with Crippen LogP contribution in [-0.4, -0.2) is 24.3 Å². The summed E-state index contributed by atoms with van der Waals surface area (Å²) < 4.78 is 4.64. The number of rotatable bonds is 6. The van der Waals surface area contributed by atoms with Crippen LogP contribution in [0.1, 0.15) is 17.2 Å². The molecule has 0 spiro atoms. The standard InChI is InChI=1S/C17H18ClNO3/c1-22-17(21)16(20)15(13-7-9-14(18)10-8-13)19-11-12-5-3-2-4-6-12/h2-10,15-16,19-20H,11H2,1H3. The summed E-state index contributed by atoms with van der Waals surface area (Å²) in [5, 5.41) is 14.0. The number of hydrogen-bond acceptors (Lipinski definition) is 4. The smallest absolute Gasteiger partial charge is 0.336 e. The van der Waals surface area contributed by atoms with E-state index >= 15 is 0 Å². The van der Waals surface area contributed by atoms with E-state index in [4.69, 9.17) is 11.6 Å². The first-order valence-corrected chi connectivity index (χ1v) is 7.28. The Labute approximate surface area is 134 Å². The molecule has 0 amide bonds. The zero-order valence-corrected chi connectivity index (χ0v) is 13.0. The highest BCUT2D eigenvalue weighted by molar-refractivity contribution is 6.30. The number of benzene rings is 2. The van der Waals surface area contributed by atoms with E-state index < -0.39 is 18.1 Å². The van der Waals surface area contributed by atoms with Gasteiger partial charge in [0, 0.05) is 11.6 Å². The molecule has 0 radical (unpaired) electrons. The molecular formula is C17H18ClNO3. The Morgan fingerprint density at radius 3 is 2.41 bits per heavy atom. The van der Waals surface area contributed by atoms with Crippen LogP contribution in [0, 0.1) is 0 Å². The van der Waals surface area contributed by atoms with Crippen LogP contribution in [0.3, 0.4) is 0 Å². The van der Waals surface area contributed by atoms with Gasteiger partial charge in [-0.3, -0.25) is 0 Å². The van der Waals surface area contributed by atoms with Crippen LogP contribution < -0.4 is 5.32 Å². The predicted octanol–water partition coefficient (Wildman–Crippen LogP) is 2.70. The lowest BCUT2D eigenvalue weighted by molar-refractivity contribution is -0.152. The molecule has 0 saturated heterocycles. The van der Waals surface area contributed by atoms with E-state index in [1.807, 2.05) is 30.3 Å². The number of ether oxygens (including phenoxy) is 1. The van der Waals surface area contributed by atoms with Gasteiger partial charge in [0.2, 0.25) is 0 Å². The number of aliphatic hydroxyl groups is 1. The van der Waals surface area contributed by atoms with Gasteiger partial charge in [0.1, 0.15) is 0 Å². The van der Waals surface area contributed by atoms with Crippen molar-refractivity contribution in [2.45, 2.75) is 18.7 Å². The van der Waals surface area contributed by atoms with Gasteiger partial charge in [-0.15, -0.1) is 0 Å². The second-order valence-electron chi connectivity index (χ2n) is 4.86. The second kappa shape index (κ2) is 7.94. The van der Waals surface area contributed by atoms with Gasteiger partial charge in [-0.1, -0.05) is 54.1 Å². The summed E-state index contributed by atoms with van der Waals surface area (Å²) in [7, 11) is 1.25. The number of aliphatic hydroxyl groups excluding tert-OH is 1. The average Bonchev–Trinajstić information content (AvgIpc) is 2.56. The molecule has 2 N–H and O–H groups in total. The molecule has 2 aromatic carbocycles. The molecule has 0 aliphatic carbocycles. The van der Waals surface area contributed by atoms with Gasteiger partial charge in [0.15, 0.2) is 6.10 Å². The number of halogens is 1. The molecule has 0 saturated carbocycles. The Balaban J connectivity index is 2.17. The fourth-order valence-electron chi connectivity index (χ4n) is 2.16. The van der Waals surface area contributed by atoms with E-state index in [9.17, 15) is 9.90 Å². The molecule has 4 nitrogen and oxygen atoms in total. The SMILES string of the molecule is COC(=O)C(O)C(NCc1ccccc1)c1ccc(Cl)cc1. The van der Waals surface area contributed by atoms with Crippen molar-refractivity contribution >= 4 is 17.6 Å². The first kappa shape index (κ1) is 16.5. The lowest BCUT2D eigenvalue weighted by Crippen LogP contribution is -2.37. The Hall–Kier alpha value is -1.88. The maximum absolute atomic E-state index is 11.7. The van der Waals surface area contributed by atoms with Gasteiger partial charge in [-0.05, 0) is 23.3 Å². The zero-order chi connectivity index (χ0) is 15.9. The molecule has 0 aliphatic heterocycles. The fraction of sp³-hybridized carbons (Fsp3) is 0.235. The van der Waals surface area contributed by atoms with Crippen LogP contribution in [0.5, 0.6) is 0 Å². The monoisotopic (exact) mass is 319 g/mol. The summed E-state index contributed by atoms with van der Waals surface area (Å²) >= 11 is 5.88. The van der Waals surface area contributed by atoms with Crippen molar-refractivity contribution in [1.82, 2.24) is 5.32 Å². The molecule has 2 atom stereocenters. The van der Waals surface area contributed by atoms with Crippen molar-refractivity contribution in [3.8, 4) is 0 Å². The van der Waals surface area contributed by atoms with Crippen LogP contribution in [-0.2, 0) is 16.1 Å². The summed E-state index contributed by atoms with van der Waals surface area (Å²) in [4.78, 5) is 11.7. The maximum atomic E-state index is 11.7. The topological polar surface area (TPSA) is 58.6 Å². The number of esters is 1. The molecule has 22 heavy (non-hydrogen) atoms. The van der Waals surface area contributed by atoms with Crippen molar-refractivity contribution in [2.75, 3.05) is 7.11 Å². The summed E-state index contributed by atoms with van der Waals surface area (Å²) in [5.41, 5.74) is 1.82. The molecule has 5 heteroatoms. The van der Waals surface area contributed by atoms with Gasteiger partial charge >= 0.3 is 5.97 Å². The number of nitrogens with one attached hydrogen (secondary N) is 1. The largest absolute Gasteiger partial charge is 0.467 e. The second-order valence-corrected chi connectivity index (χ2v) is 5.30. The van der Waals surface area contributed by atoms with Crippen molar-refractivity contribution in [1.29, 1.82) is 0 Å². The van der Waals surface area contributed by atoms with Crippen molar-refractivity contribution < 1.29 is 14.6 Å². The Kier molecular flexibility index (Phi) is 5.95. The Bertz CT molecular complexity index is 601. The van der Waals surface area contributed by atoms with E-state index in [1.165, 1.54) is 7.11 Å². The normalized spacial score (nSPS) is 13.4. The van der Waals surface area contributed by atoms with Crippen LogP contribution >= 0.6 is 11.6 Å². The van der Waals surface area contributed by atoms with Gasteiger partial charge in [0.05, 0.1) is 13.2 Å². The van der Waals surface area contributed by atoms with Crippen molar-refractivity contribution in [3.05, 3.63) is 70.7 Å². The highest BCUT2D eigenvalue weighted by atomic mass is 35.5. The highest BCUT2D eigenvalue weighted by Gasteiger charge is 2.28. The number of hydrogen-bond donors (Lipinski definition) is 2. The molecule has 2 unspecified atom stereocenters. The zero-order valence-electron chi connectivity index (χ0n) is 12.2. The van der Waals surface area contributed by atoms with Crippen molar-refractivity contribution in [2.24, 2.45) is 0 Å². The van der Waals surface area contributed by atoms with E-state index in [-0.39, 0.29) is 0 Å². The van der Waals surface area contributed by atoms with Crippen LogP contribution in [0.2, 0.25) is 5.02 Å². The Morgan fingerprint density at radius 2 is 1.82 bits per heavy atom. The fourth-order valence-corrected chi connectivity index (χ4v) is 2.29. The Morgan fingerprint density at radius 1 is 1.18 bits per heavy atom. The molecule has 0 fully saturated rings. The molecular weight excluding hydrogens is 302 g/mol. The molecule has 0 aromatic heterocycles. The third-order valence-electron chi connectivity index (χ3n) is 3.36. The number of methoxy groups -OCH3 is 1. The molecule has 116 valence electrons. The molecule has 0 heterocycles. The van der Waals surface area contributed by atoms with Crippen LogP contribution in [0.25, 0.3) is 0 Å². The average molecular weight is 320 g/mol. The van der Waals surface area contributed by atoms with Crippen molar-refractivity contribution in [3.63, 3.8) is 0 Å². The van der Waals surface area contributed by atoms with E-state index in [1.54, 1.807) is 24.3 Å². The first-order chi connectivity index (χ1) is 10.6. The van der Waals surface area contributed by atoms with Crippen LogP contribution in [0.4, 0.5) is 0 Å². The molecule has 0 aliphatic rings. The van der Waals surface area contributed by atoms with Crippen LogP contribution in [0.15, 0.2) is 54.6 Å². The minimum atomic E-state index is -1.30. The molecule has 0 bridgehead atoms. The number of carbonyl (C=O) groups is 1. The lowest BCUT2D eigenvalue weighted by Gasteiger charge is -2.23. The summed E-state index contributed by atoms with van der Waals surface area (Å²) in [5.74, 6) is -0.680. The minimum absolute atomic E-state index is 0.516. The maximum Gasteiger partial charge on any atom is 0.336 e. The third-order valence-corrected chi connectivity index (χ3v) is 3.61. The first-order valence-electron chi connectivity index (χ1n) is 6.90. The van der Waals surface area contributed by atoms with Gasteiger partial charge in [0.25, 0.3) is 0 Å². The number of carbonyl (C=O) groups excluding carboxylic acids is 1. The van der Waals surface area contributed by atoms with Gasteiger partial charge in [-0.2, -0.15) is 0 Å². The van der Waals surface area contributed by atoms with E-state index in [0.717, 1.165) is 11.1 Å². The lowest BCUT2D eigenvalue weighted by atomic mass is 10.0. The third kappa shape index (κ3) is 4.31. The van der Waals surface area contributed by atoms with E-state index in [2.05, 4.69) is 10.1 Å². The minimum Gasteiger partial charge on any atom is -0.467 e. The molecule has 2 rings (SSSR count). The summed E-state index contributed by atoms with van der Waals surface area (Å²) in [6, 6.07) is 16.2. The summed E-state index contributed by atoms with van der Waals surface area (Å²) in [6.07, 6.45) is -1.30. The van der Waals surface area contributed by atoms with E-state index in [0.29, 0.717) is 11.6 Å². The van der Waals surface area contributed by atoms with Gasteiger partial charge in [-0.25, -0.2) is 4.79 Å². The predicted molar refractivity (Wildman–Crippen MR) is 85.5 cm³/mol.